The number of hydrogen-bond donors (Lipinski definition) is 2. The highest BCUT2D eigenvalue weighted by Gasteiger charge is 2.26. The second-order valence-corrected chi connectivity index (χ2v) is 6.71. The zero-order valence-electron chi connectivity index (χ0n) is 11.0. The van der Waals surface area contributed by atoms with Crippen LogP contribution in [-0.4, -0.2) is 46.1 Å². The minimum absolute atomic E-state index is 0.497. The van der Waals surface area contributed by atoms with E-state index in [1.165, 1.54) is 18.6 Å². The first-order valence-corrected chi connectivity index (χ1v) is 7.82. The zero-order valence-corrected chi connectivity index (χ0v) is 11.8. The predicted molar refractivity (Wildman–Crippen MR) is 75.1 cm³/mol. The standard InChI is InChI=1S/C12H21N5S/c1-8-6-17(7-9(2)13-8)12-14-11(15-16-12)10-4-3-5-18-10/h8-10,13H,3-7H2,1-2H3,(H,14,15,16). The Labute approximate surface area is 112 Å². The molecule has 0 bridgehead atoms. The number of H-pyrrole nitrogens is 1. The molecule has 1 aromatic rings. The van der Waals surface area contributed by atoms with E-state index in [9.17, 15) is 0 Å². The van der Waals surface area contributed by atoms with E-state index in [0.717, 1.165) is 24.9 Å². The Balaban J connectivity index is 1.72. The molecule has 2 N–H and O–H groups in total. The Morgan fingerprint density at radius 3 is 2.72 bits per heavy atom. The van der Waals surface area contributed by atoms with Gasteiger partial charge in [0.05, 0.1) is 5.25 Å². The van der Waals surface area contributed by atoms with Gasteiger partial charge >= 0.3 is 0 Å². The first-order valence-electron chi connectivity index (χ1n) is 6.77. The van der Waals surface area contributed by atoms with Crippen molar-refractivity contribution in [2.75, 3.05) is 23.7 Å². The molecule has 2 aliphatic rings. The molecule has 2 saturated heterocycles. The van der Waals surface area contributed by atoms with Crippen LogP contribution in [0.3, 0.4) is 0 Å². The molecule has 18 heavy (non-hydrogen) atoms. The number of nitrogens with zero attached hydrogens (tertiary/aromatic N) is 3. The van der Waals surface area contributed by atoms with E-state index < -0.39 is 0 Å². The summed E-state index contributed by atoms with van der Waals surface area (Å²) in [7, 11) is 0. The topological polar surface area (TPSA) is 56.8 Å². The summed E-state index contributed by atoms with van der Waals surface area (Å²) in [5, 5.41) is 11.6. The Kier molecular flexibility index (Phi) is 3.48. The van der Waals surface area contributed by atoms with Gasteiger partial charge in [0.25, 0.3) is 0 Å². The van der Waals surface area contributed by atoms with Gasteiger partial charge in [-0.3, -0.25) is 5.10 Å². The molecule has 2 aliphatic heterocycles. The van der Waals surface area contributed by atoms with Crippen LogP contribution in [-0.2, 0) is 0 Å². The predicted octanol–water partition coefficient (Wildman–Crippen LogP) is 1.56. The maximum atomic E-state index is 4.70. The molecule has 5 nitrogen and oxygen atoms in total. The number of rotatable bonds is 2. The fourth-order valence-corrected chi connectivity index (χ4v) is 4.05. The highest BCUT2D eigenvalue weighted by molar-refractivity contribution is 7.99. The number of aromatic amines is 1. The summed E-state index contributed by atoms with van der Waals surface area (Å²) in [6.07, 6.45) is 2.53. The van der Waals surface area contributed by atoms with Crippen molar-refractivity contribution in [2.45, 2.75) is 44.0 Å². The molecular weight excluding hydrogens is 246 g/mol. The smallest absolute Gasteiger partial charge is 0.244 e. The molecule has 0 radical (unpaired) electrons. The fraction of sp³-hybridized carbons (Fsp3) is 0.833. The van der Waals surface area contributed by atoms with Crippen molar-refractivity contribution in [1.29, 1.82) is 0 Å². The van der Waals surface area contributed by atoms with Crippen LogP contribution in [0.15, 0.2) is 0 Å². The van der Waals surface area contributed by atoms with Crippen molar-refractivity contribution in [1.82, 2.24) is 20.5 Å². The Morgan fingerprint density at radius 1 is 1.28 bits per heavy atom. The zero-order chi connectivity index (χ0) is 12.5. The molecule has 0 spiro atoms. The van der Waals surface area contributed by atoms with E-state index in [0.29, 0.717) is 17.3 Å². The van der Waals surface area contributed by atoms with Gasteiger partial charge < -0.3 is 10.2 Å². The number of thioether (sulfide) groups is 1. The highest BCUT2D eigenvalue weighted by Crippen LogP contribution is 2.38. The van der Waals surface area contributed by atoms with E-state index in [4.69, 9.17) is 4.98 Å². The summed E-state index contributed by atoms with van der Waals surface area (Å²) >= 11 is 1.99. The fourth-order valence-electron chi connectivity index (χ4n) is 2.83. The van der Waals surface area contributed by atoms with Gasteiger partial charge in [0.1, 0.15) is 5.82 Å². The minimum atomic E-state index is 0.497. The van der Waals surface area contributed by atoms with Gasteiger partial charge in [-0.2, -0.15) is 16.7 Å². The van der Waals surface area contributed by atoms with Crippen molar-refractivity contribution in [3.8, 4) is 0 Å². The third-order valence-corrected chi connectivity index (χ3v) is 4.95. The largest absolute Gasteiger partial charge is 0.336 e. The summed E-state index contributed by atoms with van der Waals surface area (Å²) in [5.74, 6) is 3.19. The summed E-state index contributed by atoms with van der Waals surface area (Å²) in [4.78, 5) is 6.98. The van der Waals surface area contributed by atoms with Crippen molar-refractivity contribution >= 4 is 17.7 Å². The number of aromatic nitrogens is 3. The number of anilines is 1. The molecule has 100 valence electrons. The van der Waals surface area contributed by atoms with Gasteiger partial charge in [0, 0.05) is 25.2 Å². The molecular formula is C12H21N5S. The van der Waals surface area contributed by atoms with Crippen molar-refractivity contribution < 1.29 is 0 Å². The Hall–Kier alpha value is -0.750. The first kappa shape index (κ1) is 12.3. The first-order chi connectivity index (χ1) is 8.72. The number of hydrogen-bond acceptors (Lipinski definition) is 5. The normalized spacial score (nSPS) is 33.0. The Bertz CT molecular complexity index is 391. The van der Waals surface area contributed by atoms with Crippen molar-refractivity contribution in [2.24, 2.45) is 0 Å². The molecule has 0 saturated carbocycles. The second kappa shape index (κ2) is 5.09. The molecule has 0 aliphatic carbocycles. The molecule has 3 rings (SSSR count). The van der Waals surface area contributed by atoms with Crippen LogP contribution in [0.2, 0.25) is 0 Å². The van der Waals surface area contributed by atoms with Gasteiger partial charge in [-0.15, -0.1) is 5.10 Å². The van der Waals surface area contributed by atoms with Gasteiger partial charge in [-0.05, 0) is 32.4 Å². The molecule has 3 atom stereocenters. The lowest BCUT2D eigenvalue weighted by molar-refractivity contribution is 0.403. The molecule has 0 amide bonds. The molecule has 0 aromatic carbocycles. The van der Waals surface area contributed by atoms with E-state index in [-0.39, 0.29) is 0 Å². The lowest BCUT2D eigenvalue weighted by Crippen LogP contribution is -2.54. The third kappa shape index (κ3) is 2.49. The molecule has 3 unspecified atom stereocenters. The van der Waals surface area contributed by atoms with E-state index in [2.05, 4.69) is 34.3 Å². The van der Waals surface area contributed by atoms with Crippen LogP contribution in [0.1, 0.15) is 37.8 Å². The second-order valence-electron chi connectivity index (χ2n) is 5.40. The molecule has 3 heterocycles. The van der Waals surface area contributed by atoms with Gasteiger partial charge in [0.15, 0.2) is 0 Å². The maximum absolute atomic E-state index is 4.70. The van der Waals surface area contributed by atoms with Crippen LogP contribution in [0.5, 0.6) is 0 Å². The minimum Gasteiger partial charge on any atom is -0.336 e. The van der Waals surface area contributed by atoms with Crippen LogP contribution < -0.4 is 10.2 Å². The SMILES string of the molecule is CC1CN(c2n[nH]c(C3CCCS3)n2)CC(C)N1. The number of nitrogens with one attached hydrogen (secondary N) is 2. The molecule has 2 fully saturated rings. The average Bonchev–Trinajstić information content (AvgIpc) is 2.99. The van der Waals surface area contributed by atoms with Gasteiger partial charge in [0.2, 0.25) is 5.95 Å². The van der Waals surface area contributed by atoms with Crippen LogP contribution in [0.25, 0.3) is 0 Å². The average molecular weight is 267 g/mol. The number of piperazine rings is 1. The highest BCUT2D eigenvalue weighted by atomic mass is 32.2. The van der Waals surface area contributed by atoms with Crippen molar-refractivity contribution in [3.63, 3.8) is 0 Å². The van der Waals surface area contributed by atoms with Gasteiger partial charge in [-0.25, -0.2) is 0 Å². The maximum Gasteiger partial charge on any atom is 0.244 e. The van der Waals surface area contributed by atoms with Crippen LogP contribution in [0, 0.1) is 0 Å². The monoisotopic (exact) mass is 267 g/mol. The summed E-state index contributed by atoms with van der Waals surface area (Å²) in [5.41, 5.74) is 0. The third-order valence-electron chi connectivity index (χ3n) is 3.57. The lowest BCUT2D eigenvalue weighted by atomic mass is 10.1. The van der Waals surface area contributed by atoms with E-state index in [1.807, 2.05) is 11.8 Å². The van der Waals surface area contributed by atoms with E-state index >= 15 is 0 Å². The molecule has 6 heteroatoms. The van der Waals surface area contributed by atoms with Crippen LogP contribution in [0.4, 0.5) is 5.95 Å². The quantitative estimate of drug-likeness (QED) is 0.851. The van der Waals surface area contributed by atoms with Crippen molar-refractivity contribution in [3.05, 3.63) is 5.82 Å². The van der Waals surface area contributed by atoms with Crippen LogP contribution >= 0.6 is 11.8 Å². The van der Waals surface area contributed by atoms with E-state index in [1.54, 1.807) is 0 Å². The summed E-state index contributed by atoms with van der Waals surface area (Å²) < 4.78 is 0. The van der Waals surface area contributed by atoms with Gasteiger partial charge in [-0.1, -0.05) is 0 Å². The lowest BCUT2D eigenvalue weighted by Gasteiger charge is -2.35. The molecule has 1 aromatic heterocycles. The Morgan fingerprint density at radius 2 is 2.06 bits per heavy atom. The summed E-state index contributed by atoms with van der Waals surface area (Å²) in [6, 6.07) is 0.994. The summed E-state index contributed by atoms with van der Waals surface area (Å²) in [6.45, 7) is 6.39.